The molecule has 0 unspecified atom stereocenters. The minimum atomic E-state index is -4.40. The SMILES string of the molecule is FC(F)(F)COCCN1C[C@H](OCc2ccccc2)[C@@H](OCc2ccccc2)[C@H](OCc2ccccc2)[C@H]1COCc1ccccc1. The maximum absolute atomic E-state index is 12.9. The number of piperidine rings is 1. The topological polar surface area (TPSA) is 49.4 Å². The van der Waals surface area contributed by atoms with Crippen LogP contribution < -0.4 is 0 Å². The molecule has 5 rings (SSSR count). The highest BCUT2D eigenvalue weighted by molar-refractivity contribution is 5.16. The number of halogens is 3. The van der Waals surface area contributed by atoms with Crippen LogP contribution in [0, 0.1) is 0 Å². The monoisotopic (exact) mass is 649 g/mol. The van der Waals surface area contributed by atoms with Gasteiger partial charge in [-0.1, -0.05) is 121 Å². The summed E-state index contributed by atoms with van der Waals surface area (Å²) < 4.78 is 70.1. The van der Waals surface area contributed by atoms with Crippen molar-refractivity contribution < 1.29 is 36.9 Å². The molecule has 6 nitrogen and oxygen atoms in total. The van der Waals surface area contributed by atoms with Gasteiger partial charge in [-0.3, -0.25) is 4.90 Å². The summed E-state index contributed by atoms with van der Waals surface area (Å²) >= 11 is 0. The zero-order valence-electron chi connectivity index (χ0n) is 26.3. The molecule has 0 amide bonds. The molecular weight excluding hydrogens is 607 g/mol. The Balaban J connectivity index is 1.42. The van der Waals surface area contributed by atoms with Crippen LogP contribution in [0.5, 0.6) is 0 Å². The van der Waals surface area contributed by atoms with Crippen LogP contribution in [0.4, 0.5) is 13.2 Å². The van der Waals surface area contributed by atoms with E-state index < -0.39 is 31.1 Å². The lowest BCUT2D eigenvalue weighted by molar-refractivity contribution is -0.214. The van der Waals surface area contributed by atoms with Gasteiger partial charge >= 0.3 is 6.18 Å². The summed E-state index contributed by atoms with van der Waals surface area (Å²) in [6, 6.07) is 39.1. The van der Waals surface area contributed by atoms with Gasteiger partial charge in [-0.15, -0.1) is 0 Å². The third-order valence-corrected chi connectivity index (χ3v) is 8.02. The molecule has 1 aliphatic rings. The molecule has 250 valence electrons. The Labute approximate surface area is 275 Å². The predicted octanol–water partition coefficient (Wildman–Crippen LogP) is 7.22. The molecule has 1 fully saturated rings. The number of ether oxygens (including phenoxy) is 5. The Morgan fingerprint density at radius 2 is 1.00 bits per heavy atom. The summed E-state index contributed by atoms with van der Waals surface area (Å²) in [6.07, 6.45) is -5.89. The van der Waals surface area contributed by atoms with Gasteiger partial charge in [-0.2, -0.15) is 13.2 Å². The largest absolute Gasteiger partial charge is 0.411 e. The number of hydrogen-bond donors (Lipinski definition) is 0. The van der Waals surface area contributed by atoms with Crippen LogP contribution in [-0.2, 0) is 50.1 Å². The number of nitrogens with zero attached hydrogens (tertiary/aromatic N) is 1. The highest BCUT2D eigenvalue weighted by atomic mass is 19.4. The standard InChI is InChI=1S/C38H42F3NO5/c39-38(40,41)29-43-22-21-42-23-35(45-25-31-15-7-2-8-16-31)37(47-27-33-19-11-4-12-20-33)36(46-26-32-17-9-3-10-18-32)34(42)28-44-24-30-13-5-1-6-14-30/h1-20,34-37H,21-29H2/t34-,35+,36-,37-/m1/s1. The lowest BCUT2D eigenvalue weighted by Crippen LogP contribution is -2.65. The van der Waals surface area contributed by atoms with Gasteiger partial charge in [0.25, 0.3) is 0 Å². The summed E-state index contributed by atoms with van der Waals surface area (Å²) in [6.45, 7) is 0.861. The number of rotatable bonds is 17. The molecule has 9 heteroatoms. The quantitative estimate of drug-likeness (QED) is 0.113. The van der Waals surface area contributed by atoms with Crippen LogP contribution in [0.1, 0.15) is 22.3 Å². The highest BCUT2D eigenvalue weighted by Crippen LogP contribution is 2.29. The van der Waals surface area contributed by atoms with Crippen LogP contribution >= 0.6 is 0 Å². The molecule has 4 aromatic carbocycles. The van der Waals surface area contributed by atoms with Gasteiger partial charge < -0.3 is 23.7 Å². The van der Waals surface area contributed by atoms with Gasteiger partial charge in [0.15, 0.2) is 0 Å². The molecular formula is C38H42F3NO5. The second kappa shape index (κ2) is 18.1. The van der Waals surface area contributed by atoms with E-state index in [-0.39, 0.29) is 25.8 Å². The van der Waals surface area contributed by atoms with Crippen LogP contribution in [0.2, 0.25) is 0 Å². The molecule has 0 saturated carbocycles. The van der Waals surface area contributed by atoms with Crippen molar-refractivity contribution in [3.8, 4) is 0 Å². The van der Waals surface area contributed by atoms with Gasteiger partial charge in [-0.25, -0.2) is 0 Å². The van der Waals surface area contributed by atoms with Crippen molar-refractivity contribution in [3.05, 3.63) is 144 Å². The zero-order chi connectivity index (χ0) is 32.7. The second-order valence-corrected chi connectivity index (χ2v) is 11.6. The molecule has 1 heterocycles. The molecule has 0 spiro atoms. The first-order valence-corrected chi connectivity index (χ1v) is 15.9. The molecule has 0 bridgehead atoms. The van der Waals surface area contributed by atoms with Gasteiger partial charge in [-0.05, 0) is 22.3 Å². The first kappa shape index (κ1) is 34.8. The van der Waals surface area contributed by atoms with E-state index in [1.807, 2.05) is 121 Å². The first-order chi connectivity index (χ1) is 22.9. The van der Waals surface area contributed by atoms with E-state index in [2.05, 4.69) is 4.90 Å². The average molecular weight is 650 g/mol. The fraction of sp³-hybridized carbons (Fsp3) is 0.368. The van der Waals surface area contributed by atoms with Crippen LogP contribution in [-0.4, -0.2) is 68.3 Å². The number of benzene rings is 4. The van der Waals surface area contributed by atoms with Crippen LogP contribution in [0.3, 0.4) is 0 Å². The fourth-order valence-corrected chi connectivity index (χ4v) is 5.67. The third kappa shape index (κ3) is 11.6. The van der Waals surface area contributed by atoms with Crippen molar-refractivity contribution in [2.75, 3.05) is 32.9 Å². The van der Waals surface area contributed by atoms with Crippen molar-refractivity contribution in [1.29, 1.82) is 0 Å². The molecule has 0 aliphatic carbocycles. The molecule has 4 aromatic rings. The van der Waals surface area contributed by atoms with E-state index in [9.17, 15) is 13.2 Å². The molecule has 1 saturated heterocycles. The van der Waals surface area contributed by atoms with E-state index in [4.69, 9.17) is 23.7 Å². The number of hydrogen-bond acceptors (Lipinski definition) is 6. The Morgan fingerprint density at radius 3 is 1.49 bits per heavy atom. The van der Waals surface area contributed by atoms with Crippen molar-refractivity contribution in [2.45, 2.75) is 57.0 Å². The Bertz CT molecular complexity index is 1410. The summed E-state index contributed by atoms with van der Waals surface area (Å²) in [4.78, 5) is 2.06. The van der Waals surface area contributed by atoms with Crippen molar-refractivity contribution >= 4 is 0 Å². The fourth-order valence-electron chi connectivity index (χ4n) is 5.67. The smallest absolute Gasteiger partial charge is 0.375 e. The predicted molar refractivity (Wildman–Crippen MR) is 173 cm³/mol. The van der Waals surface area contributed by atoms with E-state index in [1.54, 1.807) is 0 Å². The van der Waals surface area contributed by atoms with Gasteiger partial charge in [0.05, 0.1) is 51.8 Å². The Morgan fingerprint density at radius 1 is 0.553 bits per heavy atom. The van der Waals surface area contributed by atoms with E-state index >= 15 is 0 Å². The van der Waals surface area contributed by atoms with Gasteiger partial charge in [0.1, 0.15) is 18.8 Å². The van der Waals surface area contributed by atoms with Gasteiger partial charge in [0, 0.05) is 13.1 Å². The van der Waals surface area contributed by atoms with E-state index in [0.717, 1.165) is 22.3 Å². The number of alkyl halides is 3. The normalized spacial score (nSPS) is 20.3. The lowest BCUT2D eigenvalue weighted by Gasteiger charge is -2.48. The molecule has 0 radical (unpaired) electrons. The van der Waals surface area contributed by atoms with Crippen molar-refractivity contribution in [3.63, 3.8) is 0 Å². The summed E-state index contributed by atoms with van der Waals surface area (Å²) in [7, 11) is 0. The maximum atomic E-state index is 12.9. The third-order valence-electron chi connectivity index (χ3n) is 8.02. The highest BCUT2D eigenvalue weighted by Gasteiger charge is 2.46. The second-order valence-electron chi connectivity index (χ2n) is 11.6. The zero-order valence-corrected chi connectivity index (χ0v) is 26.3. The molecule has 4 atom stereocenters. The van der Waals surface area contributed by atoms with E-state index in [1.165, 1.54) is 0 Å². The van der Waals surface area contributed by atoms with Gasteiger partial charge in [0.2, 0.25) is 0 Å². The summed E-state index contributed by atoms with van der Waals surface area (Å²) in [5.74, 6) is 0. The molecule has 47 heavy (non-hydrogen) atoms. The molecule has 1 aliphatic heterocycles. The van der Waals surface area contributed by atoms with Crippen molar-refractivity contribution in [1.82, 2.24) is 4.90 Å². The minimum Gasteiger partial charge on any atom is -0.375 e. The van der Waals surface area contributed by atoms with Crippen LogP contribution in [0.25, 0.3) is 0 Å². The number of likely N-dealkylation sites (tertiary alicyclic amines) is 1. The van der Waals surface area contributed by atoms with Crippen LogP contribution in [0.15, 0.2) is 121 Å². The molecule has 0 aromatic heterocycles. The maximum Gasteiger partial charge on any atom is 0.411 e. The van der Waals surface area contributed by atoms with Crippen molar-refractivity contribution in [2.24, 2.45) is 0 Å². The minimum absolute atomic E-state index is 0.110. The summed E-state index contributed by atoms with van der Waals surface area (Å²) in [5.41, 5.74) is 4.03. The average Bonchev–Trinajstić information content (AvgIpc) is 3.09. The Kier molecular flexibility index (Phi) is 13.4. The summed E-state index contributed by atoms with van der Waals surface area (Å²) in [5, 5.41) is 0. The Hall–Kier alpha value is -3.57. The lowest BCUT2D eigenvalue weighted by atomic mass is 9.93. The molecule has 0 N–H and O–H groups in total. The first-order valence-electron chi connectivity index (χ1n) is 15.9. The van der Waals surface area contributed by atoms with E-state index in [0.29, 0.717) is 33.0 Å².